The van der Waals surface area contributed by atoms with Crippen molar-refractivity contribution in [1.82, 2.24) is 0 Å². The maximum atomic E-state index is 6.06. The molecule has 2 rings (SSSR count). The van der Waals surface area contributed by atoms with Gasteiger partial charge in [0.25, 0.3) is 0 Å². The second-order valence-corrected chi connectivity index (χ2v) is 4.34. The average molecular weight is 141 g/mol. The van der Waals surface area contributed by atoms with E-state index in [9.17, 15) is 0 Å². The zero-order valence-corrected chi connectivity index (χ0v) is 6.52. The summed E-state index contributed by atoms with van der Waals surface area (Å²) in [6.45, 7) is 3.98. The number of ether oxygens (including phenoxy) is 1. The van der Waals surface area contributed by atoms with Crippen LogP contribution in [0, 0.1) is 5.41 Å². The maximum absolute atomic E-state index is 6.06. The molecule has 0 amide bonds. The third-order valence-electron chi connectivity index (χ3n) is 2.85. The lowest BCUT2D eigenvalue weighted by atomic mass is 9.85. The van der Waals surface area contributed by atoms with E-state index in [0.29, 0.717) is 5.41 Å². The lowest BCUT2D eigenvalue weighted by Crippen LogP contribution is -2.47. The van der Waals surface area contributed by atoms with Gasteiger partial charge in [-0.1, -0.05) is 6.92 Å². The summed E-state index contributed by atoms with van der Waals surface area (Å²) in [7, 11) is 0. The van der Waals surface area contributed by atoms with E-state index >= 15 is 0 Å². The van der Waals surface area contributed by atoms with E-state index in [4.69, 9.17) is 10.5 Å². The summed E-state index contributed by atoms with van der Waals surface area (Å²) in [6.07, 6.45) is 3.58. The van der Waals surface area contributed by atoms with Crippen molar-refractivity contribution in [2.24, 2.45) is 11.1 Å². The fourth-order valence-electron chi connectivity index (χ4n) is 2.32. The fraction of sp³-hybridized carbons (Fsp3) is 1.00. The minimum Gasteiger partial charge on any atom is -0.379 e. The quantitative estimate of drug-likeness (QED) is 0.544. The van der Waals surface area contributed by atoms with Crippen LogP contribution in [-0.2, 0) is 4.74 Å². The summed E-state index contributed by atoms with van der Waals surface area (Å²) in [5, 5.41) is 0. The molecule has 0 aromatic carbocycles. The van der Waals surface area contributed by atoms with Crippen molar-refractivity contribution in [2.45, 2.75) is 31.7 Å². The van der Waals surface area contributed by atoms with Crippen LogP contribution in [0.4, 0.5) is 0 Å². The third-order valence-corrected chi connectivity index (χ3v) is 2.85. The first kappa shape index (κ1) is 6.62. The van der Waals surface area contributed by atoms with Crippen LogP contribution in [0.25, 0.3) is 0 Å². The van der Waals surface area contributed by atoms with Crippen LogP contribution in [0.15, 0.2) is 0 Å². The zero-order valence-electron chi connectivity index (χ0n) is 6.52. The van der Waals surface area contributed by atoms with Crippen LogP contribution in [0.1, 0.15) is 26.2 Å². The molecule has 0 radical (unpaired) electrons. The van der Waals surface area contributed by atoms with Crippen molar-refractivity contribution in [2.75, 3.05) is 13.2 Å². The van der Waals surface area contributed by atoms with Gasteiger partial charge in [0.15, 0.2) is 0 Å². The molecule has 1 aliphatic carbocycles. The summed E-state index contributed by atoms with van der Waals surface area (Å²) in [4.78, 5) is 0. The van der Waals surface area contributed by atoms with Gasteiger partial charge in [-0.15, -0.1) is 0 Å². The molecular formula is C8H15NO. The Labute approximate surface area is 61.7 Å². The molecule has 2 nitrogen and oxygen atoms in total. The van der Waals surface area contributed by atoms with Gasteiger partial charge in [-0.3, -0.25) is 0 Å². The van der Waals surface area contributed by atoms with Gasteiger partial charge in [0, 0.05) is 5.54 Å². The molecule has 2 bridgehead atoms. The van der Waals surface area contributed by atoms with Gasteiger partial charge in [0.1, 0.15) is 0 Å². The highest BCUT2D eigenvalue weighted by molar-refractivity contribution is 5.02. The largest absolute Gasteiger partial charge is 0.379 e. The average Bonchev–Trinajstić information content (AvgIpc) is 2.03. The molecule has 2 fully saturated rings. The highest BCUT2D eigenvalue weighted by Crippen LogP contribution is 2.46. The Balaban J connectivity index is 2.20. The van der Waals surface area contributed by atoms with Crippen LogP contribution in [-0.4, -0.2) is 18.8 Å². The molecule has 2 aliphatic rings. The number of fused-ring (bicyclic) bond motifs is 2. The maximum Gasteiger partial charge on any atom is 0.0646 e. The van der Waals surface area contributed by atoms with Crippen LogP contribution in [0.2, 0.25) is 0 Å². The molecule has 1 saturated carbocycles. The Morgan fingerprint density at radius 2 is 2.10 bits per heavy atom. The Morgan fingerprint density at radius 1 is 1.30 bits per heavy atom. The van der Waals surface area contributed by atoms with Gasteiger partial charge in [-0.25, -0.2) is 0 Å². The second-order valence-electron chi connectivity index (χ2n) is 4.34. The molecule has 2 heteroatoms. The molecule has 0 spiro atoms. The monoisotopic (exact) mass is 141 g/mol. The predicted molar refractivity (Wildman–Crippen MR) is 39.7 cm³/mol. The first-order chi connectivity index (χ1) is 4.62. The van der Waals surface area contributed by atoms with Crippen molar-refractivity contribution in [3.63, 3.8) is 0 Å². The minimum absolute atomic E-state index is 0.0347. The lowest BCUT2D eigenvalue weighted by molar-refractivity contribution is -0.00675. The zero-order chi connectivity index (χ0) is 7.24. The molecule has 10 heavy (non-hydrogen) atoms. The van der Waals surface area contributed by atoms with Crippen molar-refractivity contribution in [3.8, 4) is 0 Å². The smallest absolute Gasteiger partial charge is 0.0646 e. The Hall–Kier alpha value is -0.0800. The predicted octanol–water partition coefficient (Wildman–Crippen LogP) is 0.904. The van der Waals surface area contributed by atoms with Crippen molar-refractivity contribution < 1.29 is 4.74 Å². The van der Waals surface area contributed by atoms with Crippen molar-refractivity contribution >= 4 is 0 Å². The van der Waals surface area contributed by atoms with Gasteiger partial charge in [-0.05, 0) is 24.7 Å². The molecule has 1 saturated heterocycles. The SMILES string of the molecule is C[C@@]12CC[C@@](N)(COC1)C2. The van der Waals surface area contributed by atoms with Gasteiger partial charge in [0.05, 0.1) is 13.2 Å². The number of hydrogen-bond donors (Lipinski definition) is 1. The van der Waals surface area contributed by atoms with Crippen LogP contribution in [0.5, 0.6) is 0 Å². The summed E-state index contributed by atoms with van der Waals surface area (Å²) in [5.74, 6) is 0. The number of hydrogen-bond acceptors (Lipinski definition) is 2. The molecule has 58 valence electrons. The highest BCUT2D eigenvalue weighted by Gasteiger charge is 2.46. The molecule has 0 unspecified atom stereocenters. The van der Waals surface area contributed by atoms with Gasteiger partial charge >= 0.3 is 0 Å². The lowest BCUT2D eigenvalue weighted by Gasteiger charge is -2.34. The number of nitrogens with two attached hydrogens (primary N) is 1. The summed E-state index contributed by atoms with van der Waals surface area (Å²) < 4.78 is 5.44. The Kier molecular flexibility index (Phi) is 1.15. The fourth-order valence-corrected chi connectivity index (χ4v) is 2.32. The van der Waals surface area contributed by atoms with E-state index < -0.39 is 0 Å². The van der Waals surface area contributed by atoms with E-state index in [-0.39, 0.29) is 5.54 Å². The summed E-state index contributed by atoms with van der Waals surface area (Å²) in [6, 6.07) is 0. The topological polar surface area (TPSA) is 35.2 Å². The van der Waals surface area contributed by atoms with Gasteiger partial charge in [0.2, 0.25) is 0 Å². The van der Waals surface area contributed by atoms with Crippen LogP contribution >= 0.6 is 0 Å². The van der Waals surface area contributed by atoms with Crippen LogP contribution < -0.4 is 5.73 Å². The first-order valence-electron chi connectivity index (χ1n) is 3.99. The van der Waals surface area contributed by atoms with Gasteiger partial charge < -0.3 is 10.5 Å². The summed E-state index contributed by atoms with van der Waals surface area (Å²) >= 11 is 0. The van der Waals surface area contributed by atoms with Crippen LogP contribution in [0.3, 0.4) is 0 Å². The third kappa shape index (κ3) is 0.867. The standard InChI is InChI=1S/C8H15NO/c1-7-2-3-8(9,4-7)6-10-5-7/h2-6,9H2,1H3/t7-,8-/m0/s1. The van der Waals surface area contributed by atoms with Gasteiger partial charge in [-0.2, -0.15) is 0 Å². The number of rotatable bonds is 0. The molecule has 1 heterocycles. The molecule has 2 atom stereocenters. The van der Waals surface area contributed by atoms with E-state index in [2.05, 4.69) is 6.92 Å². The normalized spacial score (nSPS) is 53.4. The van der Waals surface area contributed by atoms with Crippen molar-refractivity contribution in [3.05, 3.63) is 0 Å². The van der Waals surface area contributed by atoms with E-state index in [1.807, 2.05) is 0 Å². The Bertz CT molecular complexity index is 143. The van der Waals surface area contributed by atoms with Crippen molar-refractivity contribution in [1.29, 1.82) is 0 Å². The van der Waals surface area contributed by atoms with E-state index in [1.165, 1.54) is 12.8 Å². The first-order valence-corrected chi connectivity index (χ1v) is 3.99. The Morgan fingerprint density at radius 3 is 2.70 bits per heavy atom. The highest BCUT2D eigenvalue weighted by atomic mass is 16.5. The second kappa shape index (κ2) is 1.74. The minimum atomic E-state index is 0.0347. The molecule has 1 aliphatic heterocycles. The molecule has 0 aromatic rings. The van der Waals surface area contributed by atoms with E-state index in [0.717, 1.165) is 19.6 Å². The van der Waals surface area contributed by atoms with E-state index in [1.54, 1.807) is 0 Å². The molecule has 0 aromatic heterocycles. The molecular weight excluding hydrogens is 126 g/mol. The molecule has 2 N–H and O–H groups in total. The summed E-state index contributed by atoms with van der Waals surface area (Å²) in [5.41, 5.74) is 6.50.